The molecule has 7 heteroatoms. The molecule has 2 saturated heterocycles. The molecule has 0 saturated carbocycles. The topological polar surface area (TPSA) is 76.6 Å². The lowest BCUT2D eigenvalue weighted by atomic mass is 10.0. The van der Waals surface area contributed by atoms with Gasteiger partial charge in [-0.1, -0.05) is 0 Å². The van der Waals surface area contributed by atoms with Crippen molar-refractivity contribution in [3.8, 4) is 5.88 Å². The first-order valence-electron chi connectivity index (χ1n) is 7.80. The summed E-state index contributed by atoms with van der Waals surface area (Å²) in [5.41, 5.74) is 0. The molecule has 2 aliphatic heterocycles. The number of anilines is 1. The minimum Gasteiger partial charge on any atom is -0.478 e. The Morgan fingerprint density at radius 2 is 2.09 bits per heavy atom. The lowest BCUT2D eigenvalue weighted by Gasteiger charge is -2.33. The van der Waals surface area contributed by atoms with E-state index in [4.69, 9.17) is 9.47 Å². The number of ether oxygens (including phenoxy) is 2. The highest BCUT2D eigenvalue weighted by Crippen LogP contribution is 2.23. The number of likely N-dealkylation sites (tertiary alicyclic amines) is 1. The molecule has 2 aliphatic rings. The van der Waals surface area contributed by atoms with Crippen LogP contribution < -0.4 is 10.1 Å². The van der Waals surface area contributed by atoms with E-state index in [9.17, 15) is 4.79 Å². The number of nitrogens with one attached hydrogen (secondary N) is 1. The standard InChI is InChI=1S/C15H22N4O3/c1-21-14-13(16-6-7-17-14)18-11-4-8-19(9-5-11)15(20)12-3-2-10-22-12/h6-7,11-12H,2-5,8-10H2,1H3,(H,16,18). The minimum atomic E-state index is -0.218. The van der Waals surface area contributed by atoms with E-state index in [0.717, 1.165) is 38.8 Å². The number of carbonyl (C=O) groups is 1. The molecule has 0 aromatic carbocycles. The second-order valence-corrected chi connectivity index (χ2v) is 5.66. The van der Waals surface area contributed by atoms with Crippen molar-refractivity contribution in [2.24, 2.45) is 0 Å². The van der Waals surface area contributed by atoms with Crippen molar-refractivity contribution >= 4 is 11.7 Å². The van der Waals surface area contributed by atoms with Crippen LogP contribution >= 0.6 is 0 Å². The Morgan fingerprint density at radius 3 is 2.77 bits per heavy atom. The Hall–Kier alpha value is -1.89. The van der Waals surface area contributed by atoms with Gasteiger partial charge in [-0.15, -0.1) is 0 Å². The summed E-state index contributed by atoms with van der Waals surface area (Å²) in [5, 5.41) is 3.36. The highest BCUT2D eigenvalue weighted by molar-refractivity contribution is 5.81. The van der Waals surface area contributed by atoms with Gasteiger partial charge in [0.05, 0.1) is 7.11 Å². The van der Waals surface area contributed by atoms with E-state index in [1.165, 1.54) is 0 Å². The molecule has 1 N–H and O–H groups in total. The van der Waals surface area contributed by atoms with Gasteiger partial charge in [0, 0.05) is 38.1 Å². The van der Waals surface area contributed by atoms with E-state index in [2.05, 4.69) is 15.3 Å². The molecule has 1 aromatic rings. The van der Waals surface area contributed by atoms with E-state index in [-0.39, 0.29) is 18.1 Å². The Labute approximate surface area is 130 Å². The van der Waals surface area contributed by atoms with Gasteiger partial charge in [0.15, 0.2) is 5.82 Å². The molecule has 0 aliphatic carbocycles. The molecule has 1 amide bonds. The van der Waals surface area contributed by atoms with Gasteiger partial charge in [0.1, 0.15) is 6.10 Å². The molecule has 0 radical (unpaired) electrons. The highest BCUT2D eigenvalue weighted by atomic mass is 16.5. The molecule has 120 valence electrons. The number of amides is 1. The van der Waals surface area contributed by atoms with Crippen molar-refractivity contribution in [3.05, 3.63) is 12.4 Å². The summed E-state index contributed by atoms with van der Waals surface area (Å²) in [7, 11) is 1.58. The van der Waals surface area contributed by atoms with Crippen LogP contribution in [0.5, 0.6) is 5.88 Å². The predicted molar refractivity (Wildman–Crippen MR) is 80.8 cm³/mol. The number of methoxy groups -OCH3 is 1. The lowest BCUT2D eigenvalue weighted by molar-refractivity contribution is -0.141. The molecule has 7 nitrogen and oxygen atoms in total. The Morgan fingerprint density at radius 1 is 1.32 bits per heavy atom. The van der Waals surface area contributed by atoms with Crippen molar-refractivity contribution in [2.75, 3.05) is 32.1 Å². The van der Waals surface area contributed by atoms with Crippen LogP contribution in [-0.4, -0.2) is 59.7 Å². The number of carbonyl (C=O) groups excluding carboxylic acids is 1. The third-order valence-electron chi connectivity index (χ3n) is 4.21. The van der Waals surface area contributed by atoms with Crippen LogP contribution in [0.25, 0.3) is 0 Å². The molecule has 1 atom stereocenters. The van der Waals surface area contributed by atoms with E-state index in [0.29, 0.717) is 18.3 Å². The van der Waals surface area contributed by atoms with Crippen LogP contribution in [0.4, 0.5) is 5.82 Å². The maximum Gasteiger partial charge on any atom is 0.257 e. The highest BCUT2D eigenvalue weighted by Gasteiger charge is 2.31. The molecule has 3 rings (SSSR count). The Kier molecular flexibility index (Phi) is 4.72. The quantitative estimate of drug-likeness (QED) is 0.896. The number of hydrogen-bond acceptors (Lipinski definition) is 6. The van der Waals surface area contributed by atoms with Gasteiger partial charge in [0.2, 0.25) is 0 Å². The number of rotatable bonds is 4. The number of hydrogen-bond donors (Lipinski definition) is 1. The lowest BCUT2D eigenvalue weighted by Crippen LogP contribution is -2.46. The zero-order valence-electron chi connectivity index (χ0n) is 12.8. The zero-order valence-corrected chi connectivity index (χ0v) is 12.8. The summed E-state index contributed by atoms with van der Waals surface area (Å²) < 4.78 is 10.7. The summed E-state index contributed by atoms with van der Waals surface area (Å²) in [4.78, 5) is 22.6. The molecule has 3 heterocycles. The fraction of sp³-hybridized carbons (Fsp3) is 0.667. The first-order valence-corrected chi connectivity index (χ1v) is 7.80. The third-order valence-corrected chi connectivity index (χ3v) is 4.21. The second kappa shape index (κ2) is 6.91. The SMILES string of the molecule is COc1nccnc1NC1CCN(C(=O)C2CCCO2)CC1. The smallest absolute Gasteiger partial charge is 0.257 e. The predicted octanol–water partition coefficient (Wildman–Crippen LogP) is 1.07. The van der Waals surface area contributed by atoms with E-state index >= 15 is 0 Å². The summed E-state index contributed by atoms with van der Waals surface area (Å²) in [5.74, 6) is 1.31. The zero-order chi connectivity index (χ0) is 15.4. The summed E-state index contributed by atoms with van der Waals surface area (Å²) >= 11 is 0. The van der Waals surface area contributed by atoms with Gasteiger partial charge in [0.25, 0.3) is 11.8 Å². The molecular weight excluding hydrogens is 284 g/mol. The van der Waals surface area contributed by atoms with Gasteiger partial charge in [-0.05, 0) is 25.7 Å². The number of aromatic nitrogens is 2. The maximum absolute atomic E-state index is 12.3. The van der Waals surface area contributed by atoms with Crippen molar-refractivity contribution in [2.45, 2.75) is 37.8 Å². The minimum absolute atomic E-state index is 0.146. The van der Waals surface area contributed by atoms with Crippen molar-refractivity contribution in [3.63, 3.8) is 0 Å². The Bertz CT molecular complexity index is 511. The molecule has 2 fully saturated rings. The third kappa shape index (κ3) is 3.30. The van der Waals surface area contributed by atoms with Crippen LogP contribution in [0, 0.1) is 0 Å². The number of nitrogens with zero attached hydrogens (tertiary/aromatic N) is 3. The average molecular weight is 306 g/mol. The van der Waals surface area contributed by atoms with E-state index in [1.54, 1.807) is 19.5 Å². The van der Waals surface area contributed by atoms with E-state index < -0.39 is 0 Å². The molecule has 0 spiro atoms. The van der Waals surface area contributed by atoms with Crippen molar-refractivity contribution < 1.29 is 14.3 Å². The molecule has 0 bridgehead atoms. The molecule has 1 unspecified atom stereocenters. The molecule has 22 heavy (non-hydrogen) atoms. The summed E-state index contributed by atoms with van der Waals surface area (Å²) in [6.45, 7) is 2.21. The fourth-order valence-corrected chi connectivity index (χ4v) is 2.99. The van der Waals surface area contributed by atoms with Crippen molar-refractivity contribution in [1.82, 2.24) is 14.9 Å². The largest absolute Gasteiger partial charge is 0.478 e. The Balaban J connectivity index is 1.52. The van der Waals surface area contributed by atoms with Gasteiger partial charge >= 0.3 is 0 Å². The first kappa shape index (κ1) is 15.0. The van der Waals surface area contributed by atoms with Crippen LogP contribution in [0.15, 0.2) is 12.4 Å². The van der Waals surface area contributed by atoms with Crippen LogP contribution in [0.2, 0.25) is 0 Å². The normalized spacial score (nSPS) is 22.6. The number of piperidine rings is 1. The monoisotopic (exact) mass is 306 g/mol. The van der Waals surface area contributed by atoms with Crippen LogP contribution in [0.1, 0.15) is 25.7 Å². The first-order chi connectivity index (χ1) is 10.8. The van der Waals surface area contributed by atoms with Crippen molar-refractivity contribution in [1.29, 1.82) is 0 Å². The maximum atomic E-state index is 12.3. The van der Waals surface area contributed by atoms with Gasteiger partial charge in [-0.25, -0.2) is 9.97 Å². The van der Waals surface area contributed by atoms with Crippen LogP contribution in [0.3, 0.4) is 0 Å². The summed E-state index contributed by atoms with van der Waals surface area (Å²) in [6, 6.07) is 0.277. The van der Waals surface area contributed by atoms with E-state index in [1.807, 2.05) is 4.90 Å². The summed E-state index contributed by atoms with van der Waals surface area (Å²) in [6.07, 6.45) is 6.64. The second-order valence-electron chi connectivity index (χ2n) is 5.66. The van der Waals surface area contributed by atoms with Gasteiger partial charge < -0.3 is 19.7 Å². The average Bonchev–Trinajstić information content (AvgIpc) is 3.10. The molecular formula is C15H22N4O3. The van der Waals surface area contributed by atoms with Gasteiger partial charge in [-0.2, -0.15) is 0 Å². The molecule has 1 aromatic heterocycles. The van der Waals surface area contributed by atoms with Gasteiger partial charge in [-0.3, -0.25) is 4.79 Å². The van der Waals surface area contributed by atoms with Crippen LogP contribution in [-0.2, 0) is 9.53 Å². The fourth-order valence-electron chi connectivity index (χ4n) is 2.99.